The molecular formula is C111H64N12S3. The Morgan fingerprint density at radius 2 is 0.492 bits per heavy atom. The number of hydrogen-bond acceptors (Lipinski definition) is 12. The first kappa shape index (κ1) is 66.5. The van der Waals surface area contributed by atoms with Crippen LogP contribution in [0.4, 0.5) is 0 Å². The molecule has 126 heavy (non-hydrogen) atoms. The number of para-hydroxylation sites is 3. The van der Waals surface area contributed by atoms with Crippen LogP contribution in [0.15, 0.2) is 389 Å². The van der Waals surface area contributed by atoms with Crippen LogP contribution in [-0.4, -0.2) is 58.6 Å². The standard InChI is InChI=1S/C41H24N4S.2C35H20N4S/c1-2-11-25(12-3-1)26-20-22-27(23-21-26)37-38-32(17-10-24-42-38)43-41(44-37)45-33-18-8-6-15-30(33)35-28-13-4-5-14-29(28)40-36(39(35)45)31-16-7-9-19-34(31)46-40;2*1-2-11-21(12-3-1)31-32-26(17-10-20-36-32)37-35(38-31)39-27-18-8-6-15-24(27)29-22-13-4-5-14-23(22)34-30(33(29)39)25-16-7-9-19-28(25)40-34/h1-24H;2*1-20H/i;1D,2D,3D,11D,12D;. The lowest BCUT2D eigenvalue weighted by atomic mass is 10.00. The molecule has 12 heterocycles. The van der Waals surface area contributed by atoms with Crippen molar-refractivity contribution in [3.05, 3.63) is 389 Å². The van der Waals surface area contributed by atoms with Crippen LogP contribution in [0.3, 0.4) is 0 Å². The molecule has 0 spiro atoms. The Bertz CT molecular complexity index is 9710. The van der Waals surface area contributed by atoms with Crippen molar-refractivity contribution in [2.24, 2.45) is 0 Å². The van der Waals surface area contributed by atoms with Crippen molar-refractivity contribution in [3.8, 4) is 62.7 Å². The highest BCUT2D eigenvalue weighted by Gasteiger charge is 2.29. The molecule has 0 atom stereocenters. The van der Waals surface area contributed by atoms with Crippen molar-refractivity contribution in [3.63, 3.8) is 0 Å². The summed E-state index contributed by atoms with van der Waals surface area (Å²) in [4.78, 5) is 45.0. The number of hydrogen-bond donors (Lipinski definition) is 0. The molecule has 0 bridgehead atoms. The molecule has 0 amide bonds. The molecule has 0 saturated carbocycles. The molecule has 12 nitrogen and oxygen atoms in total. The minimum Gasteiger partial charge on any atom is -0.277 e. The number of pyridine rings is 3. The Kier molecular flexibility index (Phi) is 15.2. The summed E-state index contributed by atoms with van der Waals surface area (Å²) in [6.07, 6.45) is 5.23. The smallest absolute Gasteiger partial charge is 0.235 e. The third-order valence-electron chi connectivity index (χ3n) is 24.4. The Morgan fingerprint density at radius 3 is 0.857 bits per heavy atom. The van der Waals surface area contributed by atoms with Crippen LogP contribution < -0.4 is 0 Å². The van der Waals surface area contributed by atoms with Crippen molar-refractivity contribution in [2.75, 3.05) is 0 Å². The van der Waals surface area contributed by atoms with Gasteiger partial charge in [0.25, 0.3) is 0 Å². The fraction of sp³-hybridized carbons (Fsp3) is 0. The van der Waals surface area contributed by atoms with E-state index in [0.717, 1.165) is 115 Å². The summed E-state index contributed by atoms with van der Waals surface area (Å²) in [7, 11) is 0. The van der Waals surface area contributed by atoms with E-state index in [0.29, 0.717) is 28.9 Å². The second-order valence-corrected chi connectivity index (χ2v) is 34.5. The topological polar surface area (TPSA) is 131 Å². The Hall–Kier alpha value is -16.2. The minimum absolute atomic E-state index is 0.00861. The molecule has 0 N–H and O–H groups in total. The lowest BCUT2D eigenvalue weighted by Crippen LogP contribution is -2.04. The van der Waals surface area contributed by atoms with Crippen LogP contribution in [0.1, 0.15) is 6.85 Å². The minimum atomic E-state index is -0.457. The van der Waals surface area contributed by atoms with Crippen LogP contribution in [-0.2, 0) is 0 Å². The molecule has 15 heteroatoms. The van der Waals surface area contributed by atoms with Gasteiger partial charge in [-0.1, -0.05) is 297 Å². The van der Waals surface area contributed by atoms with Gasteiger partial charge >= 0.3 is 0 Å². The number of aromatic nitrogens is 12. The molecule has 28 rings (SSSR count). The maximum absolute atomic E-state index is 8.76. The summed E-state index contributed by atoms with van der Waals surface area (Å²) in [6, 6.07) is 116. The summed E-state index contributed by atoms with van der Waals surface area (Å²) < 4.78 is 56.4. The average molecular weight is 1670 g/mol. The zero-order chi connectivity index (χ0) is 87.0. The monoisotopic (exact) mass is 1670 g/mol. The van der Waals surface area contributed by atoms with E-state index in [1.165, 1.54) is 99.1 Å². The molecule has 0 saturated heterocycles. The van der Waals surface area contributed by atoms with Crippen LogP contribution in [0, 0.1) is 0 Å². The maximum Gasteiger partial charge on any atom is 0.235 e. The summed E-state index contributed by atoms with van der Waals surface area (Å²) in [5, 5.41) is 21.5. The second-order valence-electron chi connectivity index (χ2n) is 31.3. The van der Waals surface area contributed by atoms with Gasteiger partial charge in [-0.2, -0.15) is 0 Å². The summed E-state index contributed by atoms with van der Waals surface area (Å²) >= 11 is 5.47. The van der Waals surface area contributed by atoms with Gasteiger partial charge in [0.15, 0.2) is 0 Å². The van der Waals surface area contributed by atoms with Crippen molar-refractivity contribution >= 4 is 225 Å². The van der Waals surface area contributed by atoms with Crippen LogP contribution in [0.25, 0.3) is 254 Å². The average Bonchev–Trinajstić information content (AvgIpc) is 1.54. The highest BCUT2D eigenvalue weighted by Crippen LogP contribution is 2.53. The molecule has 0 aliphatic heterocycles. The maximum atomic E-state index is 8.76. The van der Waals surface area contributed by atoms with E-state index in [1.54, 1.807) is 23.6 Å². The molecular weight excluding hydrogens is 1600 g/mol. The summed E-state index contributed by atoms with van der Waals surface area (Å²) in [5.74, 6) is 1.62. The van der Waals surface area contributed by atoms with E-state index in [-0.39, 0.29) is 23.3 Å². The van der Waals surface area contributed by atoms with Crippen molar-refractivity contribution in [2.45, 2.75) is 0 Å². The Labute approximate surface area is 736 Å². The third kappa shape index (κ3) is 11.0. The lowest BCUT2D eigenvalue weighted by molar-refractivity contribution is 1.01. The molecule has 0 unspecified atom stereocenters. The van der Waals surface area contributed by atoms with Gasteiger partial charge in [-0.05, 0) is 100 Å². The summed E-state index contributed by atoms with van der Waals surface area (Å²) in [6.45, 7) is 0. The first-order valence-electron chi connectivity index (χ1n) is 44.1. The van der Waals surface area contributed by atoms with Gasteiger partial charge in [0.05, 0.1) is 56.5 Å². The first-order chi connectivity index (χ1) is 64.6. The number of fused-ring (bicyclic) bond motifs is 33. The third-order valence-corrected chi connectivity index (χ3v) is 28.0. The SMILES string of the molecule is [2H]c1c([2H])c([2H])c(-c2nc(-n3c4ccccc4c4c5ccccc5c5sc6ccccc6c5c43)nc3cccnc23)c([2H])c1[2H].c1ccc(-c2ccc(-c3nc(-n4c5ccccc5c5c6ccccc6c6sc7ccccc7c6c54)nc4cccnc34)cc2)cc1.c1ccc(-c2nc(-n3c4ccccc4c4c5ccccc5c5sc6ccccc6c5c43)nc3cccnc23)cc1. The predicted octanol–water partition coefficient (Wildman–Crippen LogP) is 29.6. The van der Waals surface area contributed by atoms with Gasteiger partial charge in [-0.3, -0.25) is 28.7 Å². The molecule has 0 fully saturated rings. The number of benzene rings is 16. The molecule has 0 aliphatic rings. The quantitative estimate of drug-likeness (QED) is 0.153. The molecule has 12 aromatic heterocycles. The van der Waals surface area contributed by atoms with Gasteiger partial charge in [0, 0.05) is 144 Å². The highest BCUT2D eigenvalue weighted by molar-refractivity contribution is 7.28. The Morgan fingerprint density at radius 1 is 0.214 bits per heavy atom. The predicted molar refractivity (Wildman–Crippen MR) is 528 cm³/mol. The van der Waals surface area contributed by atoms with Gasteiger partial charge in [0.2, 0.25) is 17.8 Å². The van der Waals surface area contributed by atoms with E-state index in [9.17, 15) is 0 Å². The van der Waals surface area contributed by atoms with Crippen molar-refractivity contribution in [1.82, 2.24) is 58.6 Å². The van der Waals surface area contributed by atoms with E-state index in [1.807, 2.05) is 108 Å². The van der Waals surface area contributed by atoms with Crippen molar-refractivity contribution < 1.29 is 6.85 Å². The fourth-order valence-electron chi connectivity index (χ4n) is 19.1. The van der Waals surface area contributed by atoms with E-state index in [2.05, 4.69) is 280 Å². The summed E-state index contributed by atoms with van der Waals surface area (Å²) in [5.41, 5.74) is 16.6. The van der Waals surface area contributed by atoms with Crippen LogP contribution in [0.5, 0.6) is 0 Å². The number of nitrogens with zero attached hydrogens (tertiary/aromatic N) is 12. The second kappa shape index (κ2) is 28.7. The van der Waals surface area contributed by atoms with Crippen LogP contribution >= 0.6 is 34.0 Å². The Balaban J connectivity index is 0.000000103. The van der Waals surface area contributed by atoms with Crippen LogP contribution in [0.2, 0.25) is 0 Å². The zero-order valence-corrected chi connectivity index (χ0v) is 69.1. The molecule has 28 aromatic rings. The van der Waals surface area contributed by atoms with Gasteiger partial charge in [-0.15, -0.1) is 34.0 Å². The molecule has 0 radical (unpaired) electrons. The molecule has 16 aromatic carbocycles. The van der Waals surface area contributed by atoms with Gasteiger partial charge in [-0.25, -0.2) is 29.9 Å². The normalized spacial score (nSPS) is 12.5. The van der Waals surface area contributed by atoms with E-state index >= 15 is 0 Å². The van der Waals surface area contributed by atoms with Gasteiger partial charge in [0.1, 0.15) is 33.6 Å². The first-order valence-corrected chi connectivity index (χ1v) is 44.0. The van der Waals surface area contributed by atoms with E-state index < -0.39 is 18.1 Å². The zero-order valence-electron chi connectivity index (χ0n) is 71.7. The molecule has 586 valence electrons. The largest absolute Gasteiger partial charge is 0.277 e. The number of thiophene rings is 3. The highest BCUT2D eigenvalue weighted by atomic mass is 32.1. The van der Waals surface area contributed by atoms with Crippen molar-refractivity contribution in [1.29, 1.82) is 0 Å². The number of rotatable bonds is 7. The lowest BCUT2D eigenvalue weighted by Gasteiger charge is -2.12. The fourth-order valence-corrected chi connectivity index (χ4v) is 22.9. The van der Waals surface area contributed by atoms with Gasteiger partial charge < -0.3 is 0 Å². The van der Waals surface area contributed by atoms with E-state index in [4.69, 9.17) is 46.7 Å². The molecule has 0 aliphatic carbocycles.